The van der Waals surface area contributed by atoms with Crippen LogP contribution in [-0.4, -0.2) is 25.3 Å². The van der Waals surface area contributed by atoms with Gasteiger partial charge in [0.15, 0.2) is 0 Å². The molecule has 0 aromatic heterocycles. The van der Waals surface area contributed by atoms with Crippen molar-refractivity contribution in [2.24, 2.45) is 10.3 Å². The number of hydrogen-bond acceptors (Lipinski definition) is 2. The molecule has 0 aromatic carbocycles. The summed E-state index contributed by atoms with van der Waals surface area (Å²) in [7, 11) is 1.79. The molecule has 1 aliphatic heterocycles. The minimum Gasteiger partial charge on any atom is -0.388 e. The number of hydrogen-bond donors (Lipinski definition) is 0. The van der Waals surface area contributed by atoms with Gasteiger partial charge in [0.25, 0.3) is 7.31 Å². The van der Waals surface area contributed by atoms with E-state index >= 15 is 0 Å². The highest BCUT2D eigenvalue weighted by atomic mass is 15.1. The molecule has 0 unspecified atom stereocenters. The van der Waals surface area contributed by atoms with Crippen LogP contribution in [0.2, 0.25) is 0 Å². The summed E-state index contributed by atoms with van der Waals surface area (Å²) in [6, 6.07) is 0. The van der Waals surface area contributed by atoms with Crippen LogP contribution in [0.1, 0.15) is 20.8 Å². The van der Waals surface area contributed by atoms with E-state index in [-0.39, 0.29) is 5.41 Å². The minimum absolute atomic E-state index is 0.111. The summed E-state index contributed by atoms with van der Waals surface area (Å²) < 4.78 is 0. The van der Waals surface area contributed by atoms with Crippen LogP contribution in [0.4, 0.5) is 0 Å². The summed E-state index contributed by atoms with van der Waals surface area (Å²) in [5.74, 6) is 0.995. The molecule has 1 aliphatic rings. The topological polar surface area (TPSA) is 15.6 Å². The zero-order chi connectivity index (χ0) is 11.5. The summed E-state index contributed by atoms with van der Waals surface area (Å²) >= 11 is 0. The molecule has 4 heteroatoms. The van der Waals surface area contributed by atoms with Gasteiger partial charge in [-0.15, -0.1) is 0 Å². The second-order valence-electron chi connectivity index (χ2n) is 4.67. The van der Waals surface area contributed by atoms with Crippen LogP contribution >= 0.6 is 0 Å². The van der Waals surface area contributed by atoms with Crippen LogP contribution in [-0.2, 0) is 0 Å². The van der Waals surface area contributed by atoms with E-state index in [2.05, 4.69) is 49.7 Å². The van der Waals surface area contributed by atoms with Gasteiger partial charge in [-0.2, -0.15) is 0 Å². The molecule has 0 saturated heterocycles. The molecule has 2 nitrogen and oxygen atoms in total. The van der Waals surface area contributed by atoms with E-state index in [9.17, 15) is 0 Å². The maximum atomic E-state index is 4.44. The molecule has 1 heterocycles. The number of allylic oxidation sites excluding steroid dienone is 2. The van der Waals surface area contributed by atoms with E-state index in [1.807, 2.05) is 12.3 Å². The van der Waals surface area contributed by atoms with E-state index in [4.69, 9.17) is 0 Å². The molecular weight excluding hydrogens is 182 g/mol. The quantitative estimate of drug-likeness (QED) is 0.499. The SMILES string of the molecule is C=C/C(=C\C1=NBBN1C=C)C(C)(C)C. The highest BCUT2D eigenvalue weighted by Gasteiger charge is 2.19. The third-order valence-electron chi connectivity index (χ3n) is 2.50. The van der Waals surface area contributed by atoms with Gasteiger partial charge in [0, 0.05) is 0 Å². The Morgan fingerprint density at radius 3 is 2.53 bits per heavy atom. The highest BCUT2D eigenvalue weighted by Crippen LogP contribution is 2.26. The summed E-state index contributed by atoms with van der Waals surface area (Å²) in [5.41, 5.74) is 1.31. The molecule has 0 aliphatic carbocycles. The fraction of sp³-hybridized carbons (Fsp3) is 0.364. The van der Waals surface area contributed by atoms with Crippen LogP contribution in [0, 0.1) is 5.41 Å². The van der Waals surface area contributed by atoms with Gasteiger partial charge in [0.1, 0.15) is 0 Å². The first kappa shape index (κ1) is 11.9. The number of amidine groups is 1. The van der Waals surface area contributed by atoms with E-state index in [0.717, 1.165) is 20.4 Å². The van der Waals surface area contributed by atoms with Crippen molar-refractivity contribution in [3.8, 4) is 0 Å². The summed E-state index contributed by atoms with van der Waals surface area (Å²) in [4.78, 5) is 6.50. The Kier molecular flexibility index (Phi) is 3.61. The molecule has 1 rings (SSSR count). The van der Waals surface area contributed by atoms with E-state index < -0.39 is 0 Å². The standard InChI is InChI=1S/C11H18B2N2/c1-6-9(11(3,4)5)8-10-14-12-13-15(10)7-2/h6-8,12-13H,1-2H2,3-5H3/b9-8+. The zero-order valence-electron chi connectivity index (χ0n) is 9.95. The molecular formula is C11H18B2N2. The monoisotopic (exact) mass is 200 g/mol. The summed E-state index contributed by atoms with van der Waals surface area (Å²) in [6.45, 7) is 14.2. The Labute approximate surface area is 94.0 Å². The van der Waals surface area contributed by atoms with Crippen molar-refractivity contribution < 1.29 is 0 Å². The fourth-order valence-electron chi connectivity index (χ4n) is 1.51. The molecule has 15 heavy (non-hydrogen) atoms. The van der Waals surface area contributed by atoms with E-state index in [1.165, 1.54) is 5.57 Å². The molecule has 0 N–H and O–H groups in total. The lowest BCUT2D eigenvalue weighted by Crippen LogP contribution is -2.24. The maximum Gasteiger partial charge on any atom is 0.254 e. The molecule has 78 valence electrons. The van der Waals surface area contributed by atoms with Gasteiger partial charge in [-0.3, -0.25) is 0 Å². The minimum atomic E-state index is 0.111. The third-order valence-corrected chi connectivity index (χ3v) is 2.50. The van der Waals surface area contributed by atoms with Gasteiger partial charge in [0.2, 0.25) is 7.31 Å². The van der Waals surface area contributed by atoms with Crippen molar-refractivity contribution in [1.29, 1.82) is 0 Å². The second kappa shape index (κ2) is 4.56. The first-order valence-electron chi connectivity index (χ1n) is 5.27. The average Bonchev–Trinajstić information content (AvgIpc) is 2.59. The van der Waals surface area contributed by atoms with E-state index in [1.54, 1.807) is 0 Å². The molecule has 0 atom stereocenters. The summed E-state index contributed by atoms with van der Waals surface area (Å²) in [5, 5.41) is 0. The molecule has 0 fully saturated rings. The van der Waals surface area contributed by atoms with Gasteiger partial charge in [-0.1, -0.05) is 40.0 Å². The Hall–Kier alpha value is -1.18. The molecule has 0 amide bonds. The van der Waals surface area contributed by atoms with E-state index in [0.29, 0.717) is 0 Å². The lowest BCUT2D eigenvalue weighted by Gasteiger charge is -2.22. The van der Waals surface area contributed by atoms with Crippen LogP contribution in [0.5, 0.6) is 0 Å². The molecule has 0 spiro atoms. The smallest absolute Gasteiger partial charge is 0.254 e. The van der Waals surface area contributed by atoms with Crippen molar-refractivity contribution in [1.82, 2.24) is 4.81 Å². The molecule has 0 radical (unpaired) electrons. The second-order valence-corrected chi connectivity index (χ2v) is 4.67. The van der Waals surface area contributed by atoms with Crippen molar-refractivity contribution in [2.75, 3.05) is 0 Å². The van der Waals surface area contributed by atoms with Crippen molar-refractivity contribution in [3.63, 3.8) is 0 Å². The van der Waals surface area contributed by atoms with Crippen molar-refractivity contribution in [2.45, 2.75) is 20.8 Å². The van der Waals surface area contributed by atoms with Gasteiger partial charge in [-0.05, 0) is 23.3 Å². The predicted octanol–water partition coefficient (Wildman–Crippen LogP) is 1.62. The molecule has 0 bridgehead atoms. The normalized spacial score (nSPS) is 16.6. The van der Waals surface area contributed by atoms with Gasteiger partial charge in [-0.25, -0.2) is 0 Å². The molecule has 0 saturated carbocycles. The Morgan fingerprint density at radius 1 is 1.40 bits per heavy atom. The third kappa shape index (κ3) is 2.88. The van der Waals surface area contributed by atoms with Gasteiger partial charge in [0.05, 0.1) is 5.84 Å². The van der Waals surface area contributed by atoms with Crippen LogP contribution in [0.25, 0.3) is 0 Å². The van der Waals surface area contributed by atoms with Crippen LogP contribution in [0.3, 0.4) is 0 Å². The number of rotatable bonds is 3. The predicted molar refractivity (Wildman–Crippen MR) is 71.5 cm³/mol. The lowest BCUT2D eigenvalue weighted by atomic mass is 9.57. The average molecular weight is 200 g/mol. The maximum absolute atomic E-state index is 4.44. The van der Waals surface area contributed by atoms with Crippen molar-refractivity contribution >= 4 is 20.4 Å². The molecule has 0 aromatic rings. The van der Waals surface area contributed by atoms with Gasteiger partial charge < -0.3 is 9.71 Å². The first-order valence-corrected chi connectivity index (χ1v) is 5.27. The summed E-state index contributed by atoms with van der Waals surface area (Å²) in [6.07, 6.45) is 5.83. The van der Waals surface area contributed by atoms with Crippen molar-refractivity contribution in [3.05, 3.63) is 37.1 Å². The van der Waals surface area contributed by atoms with Crippen LogP contribution in [0.15, 0.2) is 42.0 Å². The Morgan fingerprint density at radius 2 is 2.07 bits per heavy atom. The lowest BCUT2D eigenvalue weighted by molar-refractivity contribution is 0.517. The fourth-order valence-corrected chi connectivity index (χ4v) is 1.51. The largest absolute Gasteiger partial charge is 0.388 e. The Bertz CT molecular complexity index is 324. The first-order chi connectivity index (χ1) is 6.99. The van der Waals surface area contributed by atoms with Gasteiger partial charge >= 0.3 is 0 Å². The zero-order valence-corrected chi connectivity index (χ0v) is 9.95. The Balaban J connectivity index is 2.94. The van der Waals surface area contributed by atoms with Crippen LogP contribution < -0.4 is 0 Å². The number of nitrogens with zero attached hydrogens (tertiary/aromatic N) is 2. The highest BCUT2D eigenvalue weighted by molar-refractivity contribution is 7.01.